The van der Waals surface area contributed by atoms with Gasteiger partial charge in [0.2, 0.25) is 0 Å². The Labute approximate surface area is 190 Å². The highest BCUT2D eigenvalue weighted by atomic mass is 16.5. The minimum atomic E-state index is -0.202. The van der Waals surface area contributed by atoms with Crippen molar-refractivity contribution in [3.8, 4) is 11.8 Å². The van der Waals surface area contributed by atoms with E-state index in [9.17, 15) is 5.26 Å². The molecule has 2 aromatic heterocycles. The van der Waals surface area contributed by atoms with E-state index < -0.39 is 0 Å². The third-order valence-electron chi connectivity index (χ3n) is 5.20. The maximum atomic E-state index is 9.76. The van der Waals surface area contributed by atoms with Crippen LogP contribution in [0.25, 0.3) is 17.3 Å². The molecule has 0 atom stereocenters. The van der Waals surface area contributed by atoms with Gasteiger partial charge in [-0.1, -0.05) is 78.0 Å². The fraction of sp³-hybridized carbons (Fsp3) is 0.0385. The standard InChI is InChI=1S/C26H18N6O/c27-16-22(15-19-11-13-23(14-12-19)32-18-28-17-29-32)26-30-25(31-33-26)24(20-7-3-1-4-8-20)21-9-5-2-6-10-21/h1-15,17-18,24H/b22-15-. The zero-order valence-electron chi connectivity index (χ0n) is 17.5. The third-order valence-corrected chi connectivity index (χ3v) is 5.20. The molecule has 7 heteroatoms. The van der Waals surface area contributed by atoms with Gasteiger partial charge in [0.05, 0.1) is 11.6 Å². The summed E-state index contributed by atoms with van der Waals surface area (Å²) in [7, 11) is 0. The quantitative estimate of drug-likeness (QED) is 0.356. The predicted octanol–water partition coefficient (Wildman–Crippen LogP) is 4.89. The van der Waals surface area contributed by atoms with Gasteiger partial charge in [0.1, 0.15) is 24.3 Å². The number of hydrogen-bond acceptors (Lipinski definition) is 6. The van der Waals surface area contributed by atoms with Gasteiger partial charge in [-0.15, -0.1) is 0 Å². The molecule has 0 fully saturated rings. The predicted molar refractivity (Wildman–Crippen MR) is 123 cm³/mol. The third kappa shape index (κ3) is 4.31. The first-order chi connectivity index (χ1) is 16.3. The summed E-state index contributed by atoms with van der Waals surface area (Å²) in [5, 5.41) is 18.1. The second kappa shape index (κ2) is 9.12. The molecule has 2 heterocycles. The minimum Gasteiger partial charge on any atom is -0.333 e. The number of rotatable bonds is 6. The first-order valence-electron chi connectivity index (χ1n) is 10.3. The van der Waals surface area contributed by atoms with Crippen molar-refractivity contribution >= 4 is 11.6 Å². The Morgan fingerprint density at radius 1 is 0.909 bits per heavy atom. The molecule has 0 N–H and O–H groups in total. The Morgan fingerprint density at radius 2 is 1.58 bits per heavy atom. The lowest BCUT2D eigenvalue weighted by molar-refractivity contribution is 0.401. The Balaban J connectivity index is 1.47. The summed E-state index contributed by atoms with van der Waals surface area (Å²) in [4.78, 5) is 8.55. The molecule has 7 nitrogen and oxygen atoms in total. The average molecular weight is 430 g/mol. The number of nitrogens with zero attached hydrogens (tertiary/aromatic N) is 6. The normalized spacial score (nSPS) is 11.5. The largest absolute Gasteiger partial charge is 0.333 e. The summed E-state index contributed by atoms with van der Waals surface area (Å²) >= 11 is 0. The van der Waals surface area contributed by atoms with Gasteiger partial charge in [-0.05, 0) is 34.9 Å². The van der Waals surface area contributed by atoms with Crippen LogP contribution in [0.3, 0.4) is 0 Å². The lowest BCUT2D eigenvalue weighted by Crippen LogP contribution is -2.05. The molecule has 0 amide bonds. The summed E-state index contributed by atoms with van der Waals surface area (Å²) in [5.74, 6) is 0.488. The molecule has 0 aliphatic carbocycles. The van der Waals surface area contributed by atoms with Gasteiger partial charge in [-0.2, -0.15) is 15.3 Å². The monoisotopic (exact) mass is 430 g/mol. The molecule has 0 saturated carbocycles. The van der Waals surface area contributed by atoms with Crippen molar-refractivity contribution in [1.82, 2.24) is 24.9 Å². The van der Waals surface area contributed by atoms with Gasteiger partial charge < -0.3 is 4.52 Å². The molecule has 33 heavy (non-hydrogen) atoms. The van der Waals surface area contributed by atoms with Gasteiger partial charge in [0.25, 0.3) is 5.89 Å². The van der Waals surface area contributed by atoms with Gasteiger partial charge in [-0.3, -0.25) is 0 Å². The van der Waals surface area contributed by atoms with Gasteiger partial charge in [0, 0.05) is 0 Å². The van der Waals surface area contributed by atoms with E-state index in [4.69, 9.17) is 4.52 Å². The smallest absolute Gasteiger partial charge is 0.268 e. The fourth-order valence-electron chi connectivity index (χ4n) is 3.62. The minimum absolute atomic E-state index is 0.185. The molecule has 0 spiro atoms. The first kappa shape index (κ1) is 20.1. The molecule has 5 aromatic rings. The van der Waals surface area contributed by atoms with Crippen LogP contribution in [0, 0.1) is 11.3 Å². The van der Waals surface area contributed by atoms with Gasteiger partial charge in [0.15, 0.2) is 5.82 Å². The Bertz CT molecular complexity index is 1360. The molecular weight excluding hydrogens is 412 g/mol. The Kier molecular flexibility index (Phi) is 5.55. The zero-order chi connectivity index (χ0) is 22.5. The van der Waals surface area contributed by atoms with Crippen LogP contribution in [-0.2, 0) is 0 Å². The molecule has 0 aliphatic rings. The molecule has 5 rings (SSSR count). The number of nitriles is 1. The van der Waals surface area contributed by atoms with Crippen molar-refractivity contribution in [1.29, 1.82) is 5.26 Å². The highest BCUT2D eigenvalue weighted by Crippen LogP contribution is 2.30. The van der Waals surface area contributed by atoms with Gasteiger partial charge >= 0.3 is 0 Å². The van der Waals surface area contributed by atoms with Crippen molar-refractivity contribution < 1.29 is 4.52 Å². The Hall–Kier alpha value is -4.83. The van der Waals surface area contributed by atoms with E-state index in [1.54, 1.807) is 17.1 Å². The second-order valence-corrected chi connectivity index (χ2v) is 7.31. The fourth-order valence-corrected chi connectivity index (χ4v) is 3.62. The number of allylic oxidation sites excluding steroid dienone is 1. The number of benzene rings is 3. The molecule has 158 valence electrons. The summed E-state index contributed by atoms with van der Waals surface area (Å²) in [6.07, 6.45) is 4.83. The zero-order valence-corrected chi connectivity index (χ0v) is 17.5. The van der Waals surface area contributed by atoms with Crippen LogP contribution in [0.15, 0.2) is 102 Å². The second-order valence-electron chi connectivity index (χ2n) is 7.31. The van der Waals surface area contributed by atoms with Crippen LogP contribution in [-0.4, -0.2) is 24.9 Å². The van der Waals surface area contributed by atoms with E-state index in [-0.39, 0.29) is 11.8 Å². The van der Waals surface area contributed by atoms with E-state index >= 15 is 0 Å². The summed E-state index contributed by atoms with van der Waals surface area (Å²) in [6.45, 7) is 0. The average Bonchev–Trinajstić information content (AvgIpc) is 3.58. The van der Waals surface area contributed by atoms with Crippen molar-refractivity contribution in [2.24, 2.45) is 0 Å². The van der Waals surface area contributed by atoms with E-state index in [2.05, 4.69) is 26.3 Å². The Morgan fingerprint density at radius 3 is 2.15 bits per heavy atom. The van der Waals surface area contributed by atoms with Crippen molar-refractivity contribution in [3.63, 3.8) is 0 Å². The SMILES string of the molecule is N#C/C(=C/c1ccc(-n2cncn2)cc1)c1nc(C(c2ccccc2)c2ccccc2)no1. The first-order valence-corrected chi connectivity index (χ1v) is 10.3. The maximum Gasteiger partial charge on any atom is 0.268 e. The lowest BCUT2D eigenvalue weighted by atomic mass is 9.91. The van der Waals surface area contributed by atoms with Crippen LogP contribution in [0.4, 0.5) is 0 Å². The highest BCUT2D eigenvalue weighted by molar-refractivity contribution is 5.86. The highest BCUT2D eigenvalue weighted by Gasteiger charge is 2.23. The van der Waals surface area contributed by atoms with Crippen LogP contribution in [0.5, 0.6) is 0 Å². The summed E-state index contributed by atoms with van der Waals surface area (Å²) in [5.41, 5.74) is 4.08. The maximum absolute atomic E-state index is 9.76. The molecule has 0 bridgehead atoms. The van der Waals surface area contributed by atoms with Crippen LogP contribution in [0.1, 0.15) is 34.3 Å². The summed E-state index contributed by atoms with van der Waals surface area (Å²) in [6, 6.07) is 29.8. The summed E-state index contributed by atoms with van der Waals surface area (Å²) < 4.78 is 7.19. The molecule has 0 radical (unpaired) electrons. The number of hydrogen-bond donors (Lipinski definition) is 0. The van der Waals surface area contributed by atoms with Crippen LogP contribution in [0.2, 0.25) is 0 Å². The van der Waals surface area contributed by atoms with E-state index in [1.807, 2.05) is 84.9 Å². The van der Waals surface area contributed by atoms with Crippen molar-refractivity contribution in [2.45, 2.75) is 5.92 Å². The van der Waals surface area contributed by atoms with Crippen LogP contribution >= 0.6 is 0 Å². The van der Waals surface area contributed by atoms with Crippen LogP contribution < -0.4 is 0 Å². The topological polar surface area (TPSA) is 93.4 Å². The van der Waals surface area contributed by atoms with E-state index in [0.29, 0.717) is 11.4 Å². The van der Waals surface area contributed by atoms with Crippen molar-refractivity contribution in [3.05, 3.63) is 126 Å². The number of aromatic nitrogens is 5. The van der Waals surface area contributed by atoms with E-state index in [0.717, 1.165) is 22.4 Å². The lowest BCUT2D eigenvalue weighted by Gasteiger charge is -2.14. The van der Waals surface area contributed by atoms with Gasteiger partial charge in [-0.25, -0.2) is 9.67 Å². The molecule has 3 aromatic carbocycles. The molecule has 0 aliphatic heterocycles. The molecular formula is C26H18N6O. The molecule has 0 unspecified atom stereocenters. The van der Waals surface area contributed by atoms with E-state index in [1.165, 1.54) is 6.33 Å². The van der Waals surface area contributed by atoms with Crippen molar-refractivity contribution in [2.75, 3.05) is 0 Å². The molecule has 0 saturated heterocycles.